The molecule has 26 heavy (non-hydrogen) atoms. The van der Waals surface area contributed by atoms with E-state index >= 15 is 0 Å². The van der Waals surface area contributed by atoms with E-state index < -0.39 is 0 Å². The van der Waals surface area contributed by atoms with E-state index in [9.17, 15) is 0 Å². The van der Waals surface area contributed by atoms with Crippen molar-refractivity contribution in [3.05, 3.63) is 60.7 Å². The lowest BCUT2D eigenvalue weighted by atomic mass is 10.3. The fourth-order valence-electron chi connectivity index (χ4n) is 1.93. The van der Waals surface area contributed by atoms with Crippen LogP contribution in [0.5, 0.6) is 11.5 Å². The van der Waals surface area contributed by atoms with Gasteiger partial charge in [-0.3, -0.25) is 4.84 Å². The summed E-state index contributed by atoms with van der Waals surface area (Å²) in [7, 11) is 0. The average Bonchev–Trinajstić information content (AvgIpc) is 3.46. The molecule has 7 nitrogen and oxygen atoms in total. The first-order valence-electron chi connectivity index (χ1n) is 8.30. The molecule has 0 spiro atoms. The molecule has 1 aliphatic heterocycles. The minimum Gasteiger partial charge on any atom is -0.491 e. The summed E-state index contributed by atoms with van der Waals surface area (Å²) < 4.78 is 10.7. The van der Waals surface area contributed by atoms with Gasteiger partial charge in [0.15, 0.2) is 0 Å². The first-order valence-corrected chi connectivity index (χ1v) is 8.30. The molecule has 0 radical (unpaired) electrons. The number of nitriles is 1. The Morgan fingerprint density at radius 2 is 1.42 bits per heavy atom. The SMILES string of the molecule is N#CC1CN1OCCOc1ccccc1.NOCCOc1ccccc1. The molecular formula is C19H23N3O4. The number of hydroxylamine groups is 2. The Morgan fingerprint density at radius 1 is 0.885 bits per heavy atom. The molecule has 2 N–H and O–H groups in total. The molecule has 0 saturated carbocycles. The normalized spacial score (nSPS) is 17.4. The predicted molar refractivity (Wildman–Crippen MR) is 96.1 cm³/mol. The molecule has 0 aliphatic carbocycles. The predicted octanol–water partition coefficient (Wildman–Crippen LogP) is 2.16. The van der Waals surface area contributed by atoms with E-state index in [0.29, 0.717) is 33.0 Å². The van der Waals surface area contributed by atoms with Crippen LogP contribution < -0.4 is 15.4 Å². The molecule has 1 heterocycles. The van der Waals surface area contributed by atoms with Crippen LogP contribution in [0.4, 0.5) is 0 Å². The lowest BCUT2D eigenvalue weighted by Crippen LogP contribution is -2.11. The minimum absolute atomic E-state index is 0.0540. The highest BCUT2D eigenvalue weighted by molar-refractivity contribution is 5.21. The molecule has 3 rings (SSSR count). The molecule has 1 saturated heterocycles. The molecule has 0 aromatic heterocycles. The number of ether oxygens (including phenoxy) is 2. The highest BCUT2D eigenvalue weighted by Crippen LogP contribution is 2.16. The number of rotatable bonds is 9. The van der Waals surface area contributed by atoms with Gasteiger partial charge in [-0.15, -0.1) is 0 Å². The second-order valence-electron chi connectivity index (χ2n) is 5.27. The van der Waals surface area contributed by atoms with Crippen LogP contribution in [0.3, 0.4) is 0 Å². The maximum absolute atomic E-state index is 8.51. The van der Waals surface area contributed by atoms with Crippen molar-refractivity contribution in [1.82, 2.24) is 5.06 Å². The van der Waals surface area contributed by atoms with Gasteiger partial charge in [0.2, 0.25) is 0 Å². The summed E-state index contributed by atoms with van der Waals surface area (Å²) in [5, 5.41) is 10.2. The largest absolute Gasteiger partial charge is 0.491 e. The summed E-state index contributed by atoms with van der Waals surface area (Å²) in [6.45, 7) is 2.59. The topological polar surface area (TPSA) is 89.7 Å². The third-order valence-electron chi connectivity index (χ3n) is 3.28. The molecule has 2 aromatic rings. The Hall–Kier alpha value is -2.63. The summed E-state index contributed by atoms with van der Waals surface area (Å²) in [6.07, 6.45) is 0. The van der Waals surface area contributed by atoms with Gasteiger partial charge in [-0.25, -0.2) is 5.90 Å². The van der Waals surface area contributed by atoms with Crippen molar-refractivity contribution < 1.29 is 19.1 Å². The van der Waals surface area contributed by atoms with Crippen molar-refractivity contribution in [3.8, 4) is 17.6 Å². The van der Waals surface area contributed by atoms with Gasteiger partial charge in [-0.2, -0.15) is 10.3 Å². The number of hydrogen-bond donors (Lipinski definition) is 1. The smallest absolute Gasteiger partial charge is 0.137 e. The van der Waals surface area contributed by atoms with Gasteiger partial charge in [0.1, 0.15) is 44.0 Å². The number of hydrogen-bond acceptors (Lipinski definition) is 7. The van der Waals surface area contributed by atoms with Crippen LogP contribution in [0.2, 0.25) is 0 Å². The van der Waals surface area contributed by atoms with E-state index in [2.05, 4.69) is 10.9 Å². The van der Waals surface area contributed by atoms with Gasteiger partial charge in [0.25, 0.3) is 0 Å². The molecule has 7 heteroatoms. The van der Waals surface area contributed by atoms with E-state index in [1.54, 1.807) is 5.06 Å². The molecule has 138 valence electrons. The van der Waals surface area contributed by atoms with Crippen LogP contribution >= 0.6 is 0 Å². The van der Waals surface area contributed by atoms with Crippen molar-refractivity contribution in [1.29, 1.82) is 5.26 Å². The highest BCUT2D eigenvalue weighted by Gasteiger charge is 2.35. The molecule has 2 atom stereocenters. The average molecular weight is 357 g/mol. The van der Waals surface area contributed by atoms with Crippen LogP contribution in [-0.4, -0.2) is 44.1 Å². The maximum atomic E-state index is 8.51. The zero-order valence-electron chi connectivity index (χ0n) is 14.5. The summed E-state index contributed by atoms with van der Waals surface area (Å²) in [5.74, 6) is 6.49. The molecule has 1 fully saturated rings. The lowest BCUT2D eigenvalue weighted by Gasteiger charge is -2.06. The Balaban J connectivity index is 0.000000197. The third-order valence-corrected chi connectivity index (χ3v) is 3.28. The van der Waals surface area contributed by atoms with Crippen LogP contribution in [-0.2, 0) is 9.68 Å². The summed E-state index contributed by atoms with van der Waals surface area (Å²) >= 11 is 0. The zero-order chi connectivity index (χ0) is 18.5. The van der Waals surface area contributed by atoms with E-state index in [0.717, 1.165) is 11.5 Å². The summed E-state index contributed by atoms with van der Waals surface area (Å²) in [6, 6.07) is 21.2. The van der Waals surface area contributed by atoms with Gasteiger partial charge in [0, 0.05) is 0 Å². The van der Waals surface area contributed by atoms with E-state index in [1.165, 1.54) is 0 Å². The fourth-order valence-corrected chi connectivity index (χ4v) is 1.93. The minimum atomic E-state index is -0.0540. The third kappa shape index (κ3) is 7.96. The lowest BCUT2D eigenvalue weighted by molar-refractivity contribution is -0.0796. The Morgan fingerprint density at radius 3 is 1.88 bits per heavy atom. The van der Waals surface area contributed by atoms with Gasteiger partial charge >= 0.3 is 0 Å². The summed E-state index contributed by atoms with van der Waals surface area (Å²) in [5.41, 5.74) is 0. The fraction of sp³-hybridized carbons (Fsp3) is 0.316. The van der Waals surface area contributed by atoms with Crippen LogP contribution in [0, 0.1) is 11.3 Å². The zero-order valence-corrected chi connectivity index (χ0v) is 14.5. The van der Waals surface area contributed by atoms with Crippen LogP contribution in [0.25, 0.3) is 0 Å². The van der Waals surface area contributed by atoms with E-state index in [4.69, 9.17) is 25.5 Å². The van der Waals surface area contributed by atoms with Gasteiger partial charge < -0.3 is 14.3 Å². The van der Waals surface area contributed by atoms with Gasteiger partial charge in [-0.05, 0) is 24.3 Å². The quantitative estimate of drug-likeness (QED) is 0.418. The van der Waals surface area contributed by atoms with Crippen molar-refractivity contribution in [3.63, 3.8) is 0 Å². The number of nitrogens with two attached hydrogens (primary N) is 1. The standard InChI is InChI=1S/C11H12N2O2.C8H11NO2/c12-8-10-9-13(10)15-7-6-14-11-4-2-1-3-5-11;9-11-7-6-10-8-4-2-1-3-5-8/h1-5,10H,6-7,9H2;1-5H,6-7,9H2. The number of nitrogens with zero attached hydrogens (tertiary/aromatic N) is 2. The van der Waals surface area contributed by atoms with Gasteiger partial charge in [0.05, 0.1) is 12.6 Å². The molecular weight excluding hydrogens is 334 g/mol. The molecule has 2 aromatic carbocycles. The number of benzene rings is 2. The molecule has 0 bridgehead atoms. The monoisotopic (exact) mass is 357 g/mol. The Labute approximate surface area is 153 Å². The first kappa shape index (κ1) is 19.7. The maximum Gasteiger partial charge on any atom is 0.137 e. The second-order valence-corrected chi connectivity index (χ2v) is 5.27. The van der Waals surface area contributed by atoms with Crippen molar-refractivity contribution in [2.45, 2.75) is 6.04 Å². The van der Waals surface area contributed by atoms with Crippen LogP contribution in [0.15, 0.2) is 60.7 Å². The molecule has 2 unspecified atom stereocenters. The van der Waals surface area contributed by atoms with Crippen molar-refractivity contribution in [2.24, 2.45) is 5.90 Å². The second kappa shape index (κ2) is 11.8. The first-order chi connectivity index (χ1) is 12.8. The molecule has 0 amide bonds. The molecule has 1 aliphatic rings. The summed E-state index contributed by atoms with van der Waals surface area (Å²) in [4.78, 5) is 9.60. The van der Waals surface area contributed by atoms with Gasteiger partial charge in [-0.1, -0.05) is 36.4 Å². The Bertz CT molecular complexity index is 649. The van der Waals surface area contributed by atoms with E-state index in [-0.39, 0.29) is 6.04 Å². The van der Waals surface area contributed by atoms with Crippen LogP contribution in [0.1, 0.15) is 0 Å². The highest BCUT2D eigenvalue weighted by atomic mass is 16.7. The Kier molecular flexibility index (Phi) is 8.97. The van der Waals surface area contributed by atoms with E-state index in [1.807, 2.05) is 60.7 Å². The number of para-hydroxylation sites is 2. The van der Waals surface area contributed by atoms with Crippen molar-refractivity contribution in [2.75, 3.05) is 33.0 Å². The van der Waals surface area contributed by atoms with Crippen molar-refractivity contribution >= 4 is 0 Å².